The summed E-state index contributed by atoms with van der Waals surface area (Å²) in [4.78, 5) is 11.8. The van der Waals surface area contributed by atoms with Gasteiger partial charge in [0.15, 0.2) is 12.4 Å². The zero-order chi connectivity index (χ0) is 13.2. The van der Waals surface area contributed by atoms with E-state index in [1.54, 1.807) is 20.8 Å². The fourth-order valence-corrected chi connectivity index (χ4v) is 2.21. The van der Waals surface area contributed by atoms with Crippen molar-refractivity contribution in [2.24, 2.45) is 5.41 Å². The van der Waals surface area contributed by atoms with Gasteiger partial charge in [0, 0.05) is 10.8 Å². The molecule has 0 bridgehead atoms. The molecule has 0 aromatic heterocycles. The fourth-order valence-electron chi connectivity index (χ4n) is 1.50. The summed E-state index contributed by atoms with van der Waals surface area (Å²) in [7, 11) is 0. The van der Waals surface area contributed by atoms with Gasteiger partial charge in [-0.2, -0.15) is 0 Å². The minimum absolute atomic E-state index is 0.0647. The van der Waals surface area contributed by atoms with Gasteiger partial charge in [0.05, 0.1) is 11.5 Å². The fraction of sp³-hybridized carbons (Fsp3) is 0.909. The summed E-state index contributed by atoms with van der Waals surface area (Å²) >= 11 is 2.07. The van der Waals surface area contributed by atoms with E-state index in [2.05, 4.69) is 22.6 Å². The van der Waals surface area contributed by atoms with E-state index in [4.69, 9.17) is 9.47 Å². The van der Waals surface area contributed by atoms with Crippen molar-refractivity contribution in [2.45, 2.75) is 51.8 Å². The van der Waals surface area contributed by atoms with E-state index in [1.807, 2.05) is 0 Å². The van der Waals surface area contributed by atoms with Crippen LogP contribution < -0.4 is 0 Å². The average Bonchev–Trinajstić information content (AvgIpc) is 2.19. The van der Waals surface area contributed by atoms with Crippen LogP contribution in [-0.2, 0) is 14.3 Å². The second-order valence-electron chi connectivity index (χ2n) is 5.21. The minimum atomic E-state index is -0.991. The zero-order valence-electron chi connectivity index (χ0n) is 10.2. The molecule has 1 aliphatic heterocycles. The van der Waals surface area contributed by atoms with Gasteiger partial charge in [-0.3, -0.25) is 4.79 Å². The summed E-state index contributed by atoms with van der Waals surface area (Å²) in [6.07, 6.45) is -2.99. The van der Waals surface area contributed by atoms with Gasteiger partial charge in [-0.15, -0.1) is 0 Å². The predicted octanol–water partition coefficient (Wildman–Crippen LogP) is 0.847. The van der Waals surface area contributed by atoms with E-state index in [0.717, 1.165) is 0 Å². The van der Waals surface area contributed by atoms with Gasteiger partial charge in [-0.25, -0.2) is 0 Å². The number of halogens is 1. The number of hydrogen-bond acceptors (Lipinski definition) is 5. The standard InChI is InChI=1S/C11H19IO5/c1-11(2,3)10(15)17-9-6(13)4-8(14)16-7(9)5-12/h6-9,13-14H,4-5H2,1-3H3/t6-,7-,8?,9+/m1/s1. The SMILES string of the molecule is CC(C)(C)C(=O)O[C@H]1[C@H](O)CC(O)O[C@@H]1CI. The Morgan fingerprint density at radius 1 is 1.47 bits per heavy atom. The van der Waals surface area contributed by atoms with Gasteiger partial charge in [-0.1, -0.05) is 22.6 Å². The minimum Gasteiger partial charge on any atom is -0.456 e. The van der Waals surface area contributed by atoms with E-state index < -0.39 is 30.0 Å². The van der Waals surface area contributed by atoms with E-state index in [9.17, 15) is 15.0 Å². The molecular formula is C11H19IO5. The van der Waals surface area contributed by atoms with Crippen molar-refractivity contribution >= 4 is 28.6 Å². The van der Waals surface area contributed by atoms with Crippen LogP contribution in [0.5, 0.6) is 0 Å². The van der Waals surface area contributed by atoms with E-state index >= 15 is 0 Å². The Morgan fingerprint density at radius 2 is 2.06 bits per heavy atom. The molecule has 6 heteroatoms. The molecule has 2 N–H and O–H groups in total. The third-order valence-corrected chi connectivity index (χ3v) is 3.40. The first-order chi connectivity index (χ1) is 7.75. The number of carbonyl (C=O) groups is 1. The number of rotatable bonds is 2. The Kier molecular flexibility index (Phi) is 5.18. The zero-order valence-corrected chi connectivity index (χ0v) is 12.4. The number of hydrogen-bond donors (Lipinski definition) is 2. The summed E-state index contributed by atoms with van der Waals surface area (Å²) in [6.45, 7) is 5.25. The summed E-state index contributed by atoms with van der Waals surface area (Å²) in [5.74, 6) is -0.378. The molecule has 1 fully saturated rings. The van der Waals surface area contributed by atoms with Gasteiger partial charge in [-0.05, 0) is 20.8 Å². The third-order valence-electron chi connectivity index (χ3n) is 2.53. The van der Waals surface area contributed by atoms with Crippen molar-refractivity contribution < 1.29 is 24.5 Å². The second-order valence-corrected chi connectivity index (χ2v) is 6.09. The maximum Gasteiger partial charge on any atom is 0.311 e. The molecule has 0 aromatic carbocycles. The number of esters is 1. The monoisotopic (exact) mass is 358 g/mol. The van der Waals surface area contributed by atoms with Crippen LogP contribution in [0.2, 0.25) is 0 Å². The molecule has 100 valence electrons. The molecule has 5 nitrogen and oxygen atoms in total. The summed E-state index contributed by atoms with van der Waals surface area (Å²) < 4.78 is 11.1. The van der Waals surface area contributed by atoms with Crippen molar-refractivity contribution in [1.82, 2.24) is 0 Å². The summed E-state index contributed by atoms with van der Waals surface area (Å²) in [5.41, 5.74) is -0.619. The van der Waals surface area contributed by atoms with E-state index in [0.29, 0.717) is 4.43 Å². The number of aliphatic hydroxyl groups excluding tert-OH is 2. The molecule has 0 aromatic rings. The summed E-state index contributed by atoms with van der Waals surface area (Å²) in [6, 6.07) is 0. The van der Waals surface area contributed by atoms with Crippen LogP contribution in [0.4, 0.5) is 0 Å². The second kappa shape index (κ2) is 5.81. The largest absolute Gasteiger partial charge is 0.456 e. The van der Waals surface area contributed by atoms with Crippen LogP contribution in [0.15, 0.2) is 0 Å². The lowest BCUT2D eigenvalue weighted by atomic mass is 9.96. The Hall–Kier alpha value is 0.0800. The molecule has 0 amide bonds. The third kappa shape index (κ3) is 4.04. The van der Waals surface area contributed by atoms with Crippen LogP contribution in [0, 0.1) is 5.41 Å². The van der Waals surface area contributed by atoms with Crippen LogP contribution in [0.1, 0.15) is 27.2 Å². The van der Waals surface area contributed by atoms with Crippen LogP contribution in [0.25, 0.3) is 0 Å². The predicted molar refractivity (Wildman–Crippen MR) is 69.7 cm³/mol. The quantitative estimate of drug-likeness (QED) is 0.435. The molecule has 1 aliphatic rings. The van der Waals surface area contributed by atoms with Gasteiger partial charge < -0.3 is 19.7 Å². The molecular weight excluding hydrogens is 339 g/mol. The van der Waals surface area contributed by atoms with Crippen molar-refractivity contribution in [3.63, 3.8) is 0 Å². The lowest BCUT2D eigenvalue weighted by molar-refractivity contribution is -0.237. The first-order valence-electron chi connectivity index (χ1n) is 5.54. The van der Waals surface area contributed by atoms with Gasteiger partial charge in [0.1, 0.15) is 6.10 Å². The Labute approximate surface area is 115 Å². The average molecular weight is 358 g/mol. The Morgan fingerprint density at radius 3 is 2.53 bits per heavy atom. The number of ether oxygens (including phenoxy) is 2. The molecule has 0 aliphatic carbocycles. The van der Waals surface area contributed by atoms with Crippen LogP contribution >= 0.6 is 22.6 Å². The van der Waals surface area contributed by atoms with Gasteiger partial charge in [0.2, 0.25) is 0 Å². The molecule has 1 unspecified atom stereocenters. The smallest absolute Gasteiger partial charge is 0.311 e. The first kappa shape index (κ1) is 15.1. The van der Waals surface area contributed by atoms with Crippen LogP contribution in [0.3, 0.4) is 0 Å². The van der Waals surface area contributed by atoms with E-state index in [-0.39, 0.29) is 12.4 Å². The number of carbonyl (C=O) groups excluding carboxylic acids is 1. The van der Waals surface area contributed by atoms with Gasteiger partial charge >= 0.3 is 5.97 Å². The molecule has 0 spiro atoms. The number of alkyl halides is 1. The molecule has 1 rings (SSSR count). The van der Waals surface area contributed by atoms with Crippen LogP contribution in [-0.4, -0.2) is 45.2 Å². The molecule has 4 atom stereocenters. The highest BCUT2D eigenvalue weighted by Gasteiger charge is 2.40. The van der Waals surface area contributed by atoms with Crippen molar-refractivity contribution in [3.8, 4) is 0 Å². The molecule has 0 radical (unpaired) electrons. The lowest BCUT2D eigenvalue weighted by Gasteiger charge is -2.37. The van der Waals surface area contributed by atoms with E-state index in [1.165, 1.54) is 0 Å². The topological polar surface area (TPSA) is 76.0 Å². The maximum atomic E-state index is 11.8. The van der Waals surface area contributed by atoms with Crippen molar-refractivity contribution in [2.75, 3.05) is 4.43 Å². The highest BCUT2D eigenvalue weighted by molar-refractivity contribution is 14.1. The van der Waals surface area contributed by atoms with Crippen molar-refractivity contribution in [1.29, 1.82) is 0 Å². The molecule has 0 saturated carbocycles. The molecule has 1 saturated heterocycles. The van der Waals surface area contributed by atoms with Crippen molar-refractivity contribution in [3.05, 3.63) is 0 Å². The van der Waals surface area contributed by atoms with Gasteiger partial charge in [0.25, 0.3) is 0 Å². The Balaban J connectivity index is 2.70. The lowest BCUT2D eigenvalue weighted by Crippen LogP contribution is -2.52. The Bertz CT molecular complexity index is 276. The maximum absolute atomic E-state index is 11.8. The normalized spacial score (nSPS) is 34.5. The molecule has 17 heavy (non-hydrogen) atoms. The highest BCUT2D eigenvalue weighted by Crippen LogP contribution is 2.26. The first-order valence-corrected chi connectivity index (χ1v) is 7.07. The number of aliphatic hydroxyl groups is 2. The summed E-state index contributed by atoms with van der Waals surface area (Å²) in [5, 5.41) is 19.2. The highest BCUT2D eigenvalue weighted by atomic mass is 127. The molecule has 1 heterocycles.